The molecule has 1 N–H and O–H groups in total. The lowest BCUT2D eigenvalue weighted by Gasteiger charge is -2.28. The zero-order valence-electron chi connectivity index (χ0n) is 15.3. The van der Waals surface area contributed by atoms with Gasteiger partial charge < -0.3 is 19.9 Å². The Morgan fingerprint density at radius 1 is 1.27 bits per heavy atom. The molecule has 8 nitrogen and oxygen atoms in total. The number of carbonyl (C=O) groups is 2. The predicted octanol–water partition coefficient (Wildman–Crippen LogP) is 0.211. The molecule has 0 aliphatic carbocycles. The summed E-state index contributed by atoms with van der Waals surface area (Å²) in [7, 11) is 2.05. The number of methoxy groups -OCH3 is 1. The van der Waals surface area contributed by atoms with Crippen LogP contribution >= 0.6 is 0 Å². The maximum absolute atomic E-state index is 12.7. The fourth-order valence-electron chi connectivity index (χ4n) is 2.79. The molecule has 1 unspecified atom stereocenters. The molecular formula is C17H25N3O5S. The SMILES string of the molecule is COc1cccc(NC(=O)C(=O)N(CCN(C)C)C2CCS(=O)(=O)C2)c1. The van der Waals surface area contributed by atoms with E-state index in [0.717, 1.165) is 0 Å². The normalized spacial score (nSPS) is 18.5. The van der Waals surface area contributed by atoms with Gasteiger partial charge in [0.15, 0.2) is 9.84 Å². The number of nitrogens with one attached hydrogen (secondary N) is 1. The first-order valence-corrected chi connectivity index (χ1v) is 10.1. The van der Waals surface area contributed by atoms with Crippen molar-refractivity contribution in [2.45, 2.75) is 12.5 Å². The average molecular weight is 383 g/mol. The molecule has 26 heavy (non-hydrogen) atoms. The Labute approximate surface area is 154 Å². The van der Waals surface area contributed by atoms with Gasteiger partial charge in [0.2, 0.25) is 0 Å². The monoisotopic (exact) mass is 383 g/mol. The van der Waals surface area contributed by atoms with Crippen LogP contribution in [0.5, 0.6) is 5.75 Å². The van der Waals surface area contributed by atoms with Gasteiger partial charge in [-0.3, -0.25) is 9.59 Å². The third-order valence-electron chi connectivity index (χ3n) is 4.22. The molecule has 1 aromatic carbocycles. The number of anilines is 1. The molecule has 0 spiro atoms. The lowest BCUT2D eigenvalue weighted by molar-refractivity contribution is -0.144. The quantitative estimate of drug-likeness (QED) is 0.706. The number of likely N-dealkylation sites (N-methyl/N-ethyl adjacent to an activating group) is 1. The maximum atomic E-state index is 12.7. The van der Waals surface area contributed by atoms with Crippen LogP contribution in [0.3, 0.4) is 0 Å². The third kappa shape index (κ3) is 5.43. The number of amides is 2. The van der Waals surface area contributed by atoms with Gasteiger partial charge in [-0.25, -0.2) is 8.42 Å². The van der Waals surface area contributed by atoms with Crippen molar-refractivity contribution >= 4 is 27.3 Å². The zero-order chi connectivity index (χ0) is 19.3. The van der Waals surface area contributed by atoms with Gasteiger partial charge in [-0.1, -0.05) is 6.07 Å². The van der Waals surface area contributed by atoms with Gasteiger partial charge in [0.1, 0.15) is 5.75 Å². The highest BCUT2D eigenvalue weighted by atomic mass is 32.2. The summed E-state index contributed by atoms with van der Waals surface area (Å²) in [5.41, 5.74) is 0.439. The standard InChI is InChI=1S/C17H25N3O5S/c1-19(2)8-9-20(14-7-10-26(23,24)12-14)17(22)16(21)18-13-5-4-6-15(11-13)25-3/h4-6,11,14H,7-10,12H2,1-3H3,(H,18,21). The van der Waals surface area contributed by atoms with Gasteiger partial charge in [0.05, 0.1) is 18.6 Å². The van der Waals surface area contributed by atoms with E-state index < -0.39 is 27.7 Å². The summed E-state index contributed by atoms with van der Waals surface area (Å²) < 4.78 is 28.6. The molecule has 1 heterocycles. The highest BCUT2D eigenvalue weighted by Crippen LogP contribution is 2.20. The molecule has 1 fully saturated rings. The van der Waals surface area contributed by atoms with E-state index in [-0.39, 0.29) is 18.1 Å². The second-order valence-corrected chi connectivity index (χ2v) is 8.77. The molecule has 0 bridgehead atoms. The van der Waals surface area contributed by atoms with Crippen LogP contribution in [-0.2, 0) is 19.4 Å². The van der Waals surface area contributed by atoms with Crippen molar-refractivity contribution in [1.82, 2.24) is 9.80 Å². The first-order chi connectivity index (χ1) is 12.2. The van der Waals surface area contributed by atoms with E-state index in [2.05, 4.69) is 5.32 Å². The molecule has 0 radical (unpaired) electrons. The highest BCUT2D eigenvalue weighted by molar-refractivity contribution is 7.91. The van der Waals surface area contributed by atoms with Crippen LogP contribution < -0.4 is 10.1 Å². The van der Waals surface area contributed by atoms with Crippen LogP contribution in [0.2, 0.25) is 0 Å². The van der Waals surface area contributed by atoms with E-state index in [1.807, 2.05) is 19.0 Å². The van der Waals surface area contributed by atoms with Crippen molar-refractivity contribution in [3.8, 4) is 5.75 Å². The largest absolute Gasteiger partial charge is 0.497 e. The second-order valence-electron chi connectivity index (χ2n) is 6.54. The third-order valence-corrected chi connectivity index (χ3v) is 5.97. The van der Waals surface area contributed by atoms with Crippen molar-refractivity contribution < 1.29 is 22.7 Å². The van der Waals surface area contributed by atoms with Crippen LogP contribution in [0.15, 0.2) is 24.3 Å². The van der Waals surface area contributed by atoms with Gasteiger partial charge >= 0.3 is 11.8 Å². The molecule has 0 saturated carbocycles. The highest BCUT2D eigenvalue weighted by Gasteiger charge is 2.36. The summed E-state index contributed by atoms with van der Waals surface area (Å²) in [4.78, 5) is 28.3. The van der Waals surface area contributed by atoms with Crippen LogP contribution in [0.1, 0.15) is 6.42 Å². The molecular weight excluding hydrogens is 358 g/mol. The zero-order valence-corrected chi connectivity index (χ0v) is 16.1. The molecule has 1 aromatic rings. The Morgan fingerprint density at radius 3 is 2.58 bits per heavy atom. The van der Waals surface area contributed by atoms with Crippen molar-refractivity contribution in [3.05, 3.63) is 24.3 Å². The minimum atomic E-state index is -3.16. The van der Waals surface area contributed by atoms with E-state index in [9.17, 15) is 18.0 Å². The molecule has 2 rings (SSSR count). The van der Waals surface area contributed by atoms with E-state index in [0.29, 0.717) is 24.4 Å². The Kier molecular flexibility index (Phi) is 6.60. The lowest BCUT2D eigenvalue weighted by atomic mass is 10.2. The van der Waals surface area contributed by atoms with Gasteiger partial charge in [0, 0.05) is 30.9 Å². The van der Waals surface area contributed by atoms with Crippen molar-refractivity contribution in [2.75, 3.05) is 51.1 Å². The number of ether oxygens (including phenoxy) is 1. The van der Waals surface area contributed by atoms with Gasteiger partial charge in [-0.15, -0.1) is 0 Å². The predicted molar refractivity (Wildman–Crippen MR) is 98.9 cm³/mol. The number of hydrogen-bond acceptors (Lipinski definition) is 6. The Balaban J connectivity index is 2.12. The minimum absolute atomic E-state index is 0.0426. The van der Waals surface area contributed by atoms with Crippen LogP contribution in [0, 0.1) is 0 Å². The smallest absolute Gasteiger partial charge is 0.313 e. The van der Waals surface area contributed by atoms with Gasteiger partial charge in [0.25, 0.3) is 0 Å². The second kappa shape index (κ2) is 8.50. The first-order valence-electron chi connectivity index (χ1n) is 8.33. The summed E-state index contributed by atoms with van der Waals surface area (Å²) in [6.45, 7) is 0.826. The fraction of sp³-hybridized carbons (Fsp3) is 0.529. The fourth-order valence-corrected chi connectivity index (χ4v) is 4.53. The van der Waals surface area contributed by atoms with Crippen LogP contribution in [-0.4, -0.2) is 81.9 Å². The molecule has 144 valence electrons. The molecule has 1 saturated heterocycles. The number of benzene rings is 1. The van der Waals surface area contributed by atoms with Crippen molar-refractivity contribution in [1.29, 1.82) is 0 Å². The summed E-state index contributed by atoms with van der Waals surface area (Å²) in [5.74, 6) is -1.01. The maximum Gasteiger partial charge on any atom is 0.313 e. The summed E-state index contributed by atoms with van der Waals surface area (Å²) in [5, 5.41) is 2.56. The van der Waals surface area contributed by atoms with Crippen molar-refractivity contribution in [2.24, 2.45) is 0 Å². The van der Waals surface area contributed by atoms with E-state index in [4.69, 9.17) is 4.74 Å². The topological polar surface area (TPSA) is 96.0 Å². The Hall–Kier alpha value is -2.13. The van der Waals surface area contributed by atoms with E-state index in [1.54, 1.807) is 24.3 Å². The first kappa shape index (κ1) is 20.2. The van der Waals surface area contributed by atoms with Crippen molar-refractivity contribution in [3.63, 3.8) is 0 Å². The molecule has 9 heteroatoms. The van der Waals surface area contributed by atoms with E-state index in [1.165, 1.54) is 12.0 Å². The number of rotatable bonds is 6. The average Bonchev–Trinajstić information content (AvgIpc) is 2.94. The lowest BCUT2D eigenvalue weighted by Crippen LogP contribution is -2.48. The van der Waals surface area contributed by atoms with Crippen LogP contribution in [0.4, 0.5) is 5.69 Å². The Bertz CT molecular complexity index is 763. The van der Waals surface area contributed by atoms with E-state index >= 15 is 0 Å². The van der Waals surface area contributed by atoms with Gasteiger partial charge in [-0.2, -0.15) is 0 Å². The molecule has 2 amide bonds. The van der Waals surface area contributed by atoms with Crippen LogP contribution in [0.25, 0.3) is 0 Å². The number of carbonyl (C=O) groups excluding carboxylic acids is 2. The molecule has 1 aliphatic rings. The number of nitrogens with zero attached hydrogens (tertiary/aromatic N) is 2. The summed E-state index contributed by atoms with van der Waals surface area (Å²) in [6, 6.07) is 6.22. The van der Waals surface area contributed by atoms with Gasteiger partial charge in [-0.05, 0) is 32.6 Å². The molecule has 1 atom stereocenters. The summed E-state index contributed by atoms with van der Waals surface area (Å²) in [6.07, 6.45) is 0.355. The minimum Gasteiger partial charge on any atom is -0.497 e. The number of sulfone groups is 1. The molecule has 0 aromatic heterocycles. The number of hydrogen-bond donors (Lipinski definition) is 1. The molecule has 1 aliphatic heterocycles. The Morgan fingerprint density at radius 2 is 2.00 bits per heavy atom. The summed E-state index contributed by atoms with van der Waals surface area (Å²) >= 11 is 0.